The summed E-state index contributed by atoms with van der Waals surface area (Å²) < 4.78 is 5.72. The molecule has 0 aromatic heterocycles. The molecule has 0 aromatic rings. The Hall–Kier alpha value is 0.430. The minimum Gasteiger partial charge on any atom is -0.312 e. The molecule has 4 rings (SSSR count). The van der Waals surface area contributed by atoms with Gasteiger partial charge in [0.25, 0.3) is 0 Å². The fourth-order valence-electron chi connectivity index (χ4n) is 8.73. The Bertz CT molecular complexity index is 612. The van der Waals surface area contributed by atoms with Crippen LogP contribution in [0.1, 0.15) is 105 Å². The maximum atomic E-state index is 5.72. The molecule has 0 amide bonds. The van der Waals surface area contributed by atoms with Crippen LogP contribution in [-0.4, -0.2) is 6.10 Å². The van der Waals surface area contributed by atoms with Crippen LogP contribution in [0.4, 0.5) is 0 Å². The maximum absolute atomic E-state index is 5.72. The van der Waals surface area contributed by atoms with Crippen LogP contribution in [0, 0.1) is 46.3 Å². The second-order valence-corrected chi connectivity index (χ2v) is 12.8. The molecule has 0 saturated heterocycles. The highest BCUT2D eigenvalue weighted by Gasteiger charge is 2.59. The number of rotatable bonds is 6. The summed E-state index contributed by atoms with van der Waals surface area (Å²) in [6.45, 7) is 12.7. The molecule has 0 bridgehead atoms. The number of fused-ring (bicyclic) bond motifs is 5. The maximum Gasteiger partial charge on any atom is 0.110 e. The van der Waals surface area contributed by atoms with Gasteiger partial charge in [0.15, 0.2) is 0 Å². The second-order valence-electron chi connectivity index (χ2n) is 12.2. The van der Waals surface area contributed by atoms with Crippen molar-refractivity contribution in [2.75, 3.05) is 0 Å². The van der Waals surface area contributed by atoms with Crippen molar-refractivity contribution in [1.29, 1.82) is 0 Å². The zero-order valence-corrected chi connectivity index (χ0v) is 21.8. The summed E-state index contributed by atoms with van der Waals surface area (Å²) in [5.74, 6) is 5.62. The highest BCUT2D eigenvalue weighted by molar-refractivity contribution is 14.1. The molecule has 4 aliphatic carbocycles. The van der Waals surface area contributed by atoms with E-state index in [1.165, 1.54) is 70.6 Å². The average molecular weight is 513 g/mol. The molecule has 4 aliphatic rings. The number of hydrogen-bond donors (Lipinski definition) is 0. The first kappa shape index (κ1) is 22.6. The highest BCUT2D eigenvalue weighted by Crippen LogP contribution is 2.67. The van der Waals surface area contributed by atoms with Crippen molar-refractivity contribution in [3.8, 4) is 0 Å². The third-order valence-electron chi connectivity index (χ3n) is 10.4. The zero-order chi connectivity index (χ0) is 20.8. The molecule has 8 atom stereocenters. The smallest absolute Gasteiger partial charge is 0.110 e. The van der Waals surface area contributed by atoms with E-state index in [1.807, 2.05) is 0 Å². The Morgan fingerprint density at radius 3 is 2.55 bits per heavy atom. The number of halogens is 1. The van der Waals surface area contributed by atoms with Gasteiger partial charge in [0.2, 0.25) is 0 Å². The molecular weight excluding hydrogens is 467 g/mol. The van der Waals surface area contributed by atoms with Gasteiger partial charge in [-0.05, 0) is 97.7 Å². The van der Waals surface area contributed by atoms with Crippen molar-refractivity contribution >= 4 is 23.0 Å². The minimum absolute atomic E-state index is 0.461. The third-order valence-corrected chi connectivity index (χ3v) is 11.1. The van der Waals surface area contributed by atoms with E-state index in [0.717, 1.165) is 35.5 Å². The molecule has 3 fully saturated rings. The molecule has 29 heavy (non-hydrogen) atoms. The van der Waals surface area contributed by atoms with Gasteiger partial charge < -0.3 is 3.07 Å². The summed E-state index contributed by atoms with van der Waals surface area (Å²) >= 11 is 2.13. The van der Waals surface area contributed by atoms with Gasteiger partial charge in [0.05, 0.1) is 6.10 Å². The molecule has 0 N–H and O–H groups in total. The first-order valence-electron chi connectivity index (χ1n) is 12.8. The van der Waals surface area contributed by atoms with Gasteiger partial charge in [0, 0.05) is 0 Å². The molecule has 166 valence electrons. The van der Waals surface area contributed by atoms with Crippen molar-refractivity contribution in [3.05, 3.63) is 11.6 Å². The van der Waals surface area contributed by atoms with Crippen LogP contribution in [0.2, 0.25) is 0 Å². The molecule has 0 spiro atoms. The fraction of sp³-hybridized carbons (Fsp3) is 0.926. The van der Waals surface area contributed by atoms with Gasteiger partial charge in [-0.25, -0.2) is 0 Å². The van der Waals surface area contributed by atoms with E-state index in [4.69, 9.17) is 3.07 Å². The van der Waals surface area contributed by atoms with Gasteiger partial charge in [0.1, 0.15) is 23.0 Å². The molecule has 0 radical (unpaired) electrons. The van der Waals surface area contributed by atoms with Crippen molar-refractivity contribution < 1.29 is 3.07 Å². The summed E-state index contributed by atoms with van der Waals surface area (Å²) in [6.07, 6.45) is 18.6. The summed E-state index contributed by atoms with van der Waals surface area (Å²) in [4.78, 5) is 0. The van der Waals surface area contributed by atoms with Crippen LogP contribution in [0.3, 0.4) is 0 Å². The molecule has 1 nitrogen and oxygen atoms in total. The van der Waals surface area contributed by atoms with Crippen molar-refractivity contribution in [3.63, 3.8) is 0 Å². The highest BCUT2D eigenvalue weighted by atomic mass is 127. The van der Waals surface area contributed by atoms with Crippen LogP contribution >= 0.6 is 23.0 Å². The molecular formula is C27H45IO. The van der Waals surface area contributed by atoms with Crippen LogP contribution in [0.15, 0.2) is 11.6 Å². The SMILES string of the molecule is CC(C)CCC[C@@H](C)[C@H]1CC[C@H]2[C@@H]3CC=C4C[C@@H](OI)CC[C@]4(C)[C@H]3CC[C@]12C. The summed E-state index contributed by atoms with van der Waals surface area (Å²) in [5, 5.41) is 0. The lowest BCUT2D eigenvalue weighted by Crippen LogP contribution is -2.50. The summed E-state index contributed by atoms with van der Waals surface area (Å²) in [7, 11) is 0. The Balaban J connectivity index is 1.48. The number of hydrogen-bond acceptors (Lipinski definition) is 1. The van der Waals surface area contributed by atoms with Gasteiger partial charge >= 0.3 is 0 Å². The standard InChI is InChI=1S/C27H45IO/c1-18(2)7-6-8-19(3)23-11-12-24-22-10-9-20-17-21(29-28)13-15-26(20,4)25(22)14-16-27(23,24)5/h9,18-19,21-25H,6-8,10-17H2,1-5H3/t19-,21+,22+,23-,24+,25+,26+,27-/m1/s1. The van der Waals surface area contributed by atoms with Gasteiger partial charge in [-0.2, -0.15) is 0 Å². The quantitative estimate of drug-likeness (QED) is 0.255. The predicted octanol–water partition coefficient (Wildman–Crippen LogP) is 8.76. The van der Waals surface area contributed by atoms with Crippen LogP contribution in [0.25, 0.3) is 0 Å². The average Bonchev–Trinajstić information content (AvgIpc) is 3.04. The first-order valence-corrected chi connectivity index (χ1v) is 13.6. The largest absolute Gasteiger partial charge is 0.312 e. The molecule has 0 unspecified atom stereocenters. The van der Waals surface area contributed by atoms with Crippen molar-refractivity contribution in [1.82, 2.24) is 0 Å². The molecule has 2 heteroatoms. The Morgan fingerprint density at radius 2 is 1.83 bits per heavy atom. The topological polar surface area (TPSA) is 9.23 Å². The van der Waals surface area contributed by atoms with E-state index in [2.05, 4.69) is 63.7 Å². The number of allylic oxidation sites excluding steroid dienone is 1. The van der Waals surface area contributed by atoms with Gasteiger partial charge in [-0.3, -0.25) is 0 Å². The van der Waals surface area contributed by atoms with Crippen molar-refractivity contribution in [2.45, 2.75) is 111 Å². The van der Waals surface area contributed by atoms with E-state index in [0.29, 0.717) is 16.9 Å². The lowest BCUT2D eigenvalue weighted by Gasteiger charge is -2.58. The van der Waals surface area contributed by atoms with E-state index >= 15 is 0 Å². The van der Waals surface area contributed by atoms with Crippen LogP contribution < -0.4 is 0 Å². The predicted molar refractivity (Wildman–Crippen MR) is 132 cm³/mol. The normalized spacial score (nSPS) is 45.3. The lowest BCUT2D eigenvalue weighted by atomic mass is 9.47. The Kier molecular flexibility index (Phi) is 6.83. The van der Waals surface area contributed by atoms with Crippen LogP contribution in [0.5, 0.6) is 0 Å². The second kappa shape index (κ2) is 8.75. The van der Waals surface area contributed by atoms with Crippen molar-refractivity contribution in [2.24, 2.45) is 46.3 Å². The Labute approximate surface area is 194 Å². The first-order chi connectivity index (χ1) is 13.8. The van der Waals surface area contributed by atoms with E-state index in [-0.39, 0.29) is 0 Å². The lowest BCUT2D eigenvalue weighted by molar-refractivity contribution is -0.0544. The fourth-order valence-corrected chi connectivity index (χ4v) is 9.16. The van der Waals surface area contributed by atoms with Gasteiger partial charge in [-0.15, -0.1) is 0 Å². The molecule has 0 aromatic carbocycles. The third kappa shape index (κ3) is 4.00. The van der Waals surface area contributed by atoms with E-state index in [1.54, 1.807) is 5.57 Å². The monoisotopic (exact) mass is 512 g/mol. The zero-order valence-electron chi connectivity index (χ0n) is 19.7. The van der Waals surface area contributed by atoms with E-state index < -0.39 is 0 Å². The molecule has 0 heterocycles. The minimum atomic E-state index is 0.461. The van der Waals surface area contributed by atoms with E-state index in [9.17, 15) is 0 Å². The van der Waals surface area contributed by atoms with Crippen LogP contribution in [-0.2, 0) is 3.07 Å². The molecule has 3 saturated carbocycles. The molecule has 0 aliphatic heterocycles. The van der Waals surface area contributed by atoms with Gasteiger partial charge in [-0.1, -0.05) is 65.5 Å². The summed E-state index contributed by atoms with van der Waals surface area (Å²) in [5.41, 5.74) is 2.84. The Morgan fingerprint density at radius 1 is 1.03 bits per heavy atom. The summed E-state index contributed by atoms with van der Waals surface area (Å²) in [6, 6.07) is 0.